The van der Waals surface area contributed by atoms with Crippen LogP contribution in [0.3, 0.4) is 0 Å². The number of hydrogen-bond donors (Lipinski definition) is 2. The zero-order chi connectivity index (χ0) is 18.1. The summed E-state index contributed by atoms with van der Waals surface area (Å²) in [5.74, 6) is 0.0825. The standard InChI is InChI=1S/C18H18IN3O3/c1-2-25-14-9-7-13(8-10-14)11-21-22-17(23)12-20-18(24)15-5-3-4-6-16(15)19/h3-11H,2,12H2,1H3,(H,20,24)(H,22,23)/b21-11-. The maximum absolute atomic E-state index is 12.0. The molecule has 6 nitrogen and oxygen atoms in total. The van der Waals surface area contributed by atoms with Gasteiger partial charge in [0.15, 0.2) is 0 Å². The number of halogens is 1. The molecule has 0 saturated heterocycles. The Kier molecular flexibility index (Phi) is 7.39. The van der Waals surface area contributed by atoms with E-state index in [0.29, 0.717) is 12.2 Å². The van der Waals surface area contributed by atoms with E-state index >= 15 is 0 Å². The average Bonchev–Trinajstić information content (AvgIpc) is 2.62. The molecule has 0 bridgehead atoms. The van der Waals surface area contributed by atoms with E-state index in [4.69, 9.17) is 4.74 Å². The van der Waals surface area contributed by atoms with Gasteiger partial charge in [-0.15, -0.1) is 0 Å². The second kappa shape index (κ2) is 9.77. The van der Waals surface area contributed by atoms with Crippen LogP contribution in [0.5, 0.6) is 5.75 Å². The predicted octanol–water partition coefficient (Wildman–Crippen LogP) is 2.57. The van der Waals surface area contributed by atoms with Crippen molar-refractivity contribution in [1.82, 2.24) is 10.7 Å². The first kappa shape index (κ1) is 18.9. The molecule has 2 amide bonds. The molecule has 0 aliphatic carbocycles. The number of benzene rings is 2. The van der Waals surface area contributed by atoms with Crippen molar-refractivity contribution < 1.29 is 14.3 Å². The predicted molar refractivity (Wildman–Crippen MR) is 105 cm³/mol. The summed E-state index contributed by atoms with van der Waals surface area (Å²) in [6.07, 6.45) is 1.52. The number of ether oxygens (including phenoxy) is 1. The monoisotopic (exact) mass is 451 g/mol. The van der Waals surface area contributed by atoms with Gasteiger partial charge in [0, 0.05) is 3.57 Å². The van der Waals surface area contributed by atoms with E-state index in [1.807, 2.05) is 43.3 Å². The number of nitrogens with zero attached hydrogens (tertiary/aromatic N) is 1. The van der Waals surface area contributed by atoms with Crippen LogP contribution in [0.1, 0.15) is 22.8 Å². The summed E-state index contributed by atoms with van der Waals surface area (Å²) in [7, 11) is 0. The molecule has 0 spiro atoms. The number of hydrogen-bond acceptors (Lipinski definition) is 4. The number of carbonyl (C=O) groups excluding carboxylic acids is 2. The van der Waals surface area contributed by atoms with Gasteiger partial charge in [0.05, 0.1) is 24.9 Å². The van der Waals surface area contributed by atoms with Crippen molar-refractivity contribution in [2.75, 3.05) is 13.2 Å². The fourth-order valence-electron chi connectivity index (χ4n) is 1.94. The molecular formula is C18H18IN3O3. The van der Waals surface area contributed by atoms with Gasteiger partial charge in [-0.05, 0) is 71.5 Å². The van der Waals surface area contributed by atoms with Crippen LogP contribution >= 0.6 is 22.6 Å². The molecule has 0 unspecified atom stereocenters. The van der Waals surface area contributed by atoms with Crippen LogP contribution in [0.2, 0.25) is 0 Å². The van der Waals surface area contributed by atoms with Gasteiger partial charge in [0.25, 0.3) is 11.8 Å². The number of nitrogens with one attached hydrogen (secondary N) is 2. The maximum atomic E-state index is 12.0. The fourth-order valence-corrected chi connectivity index (χ4v) is 2.57. The molecule has 0 fully saturated rings. The van der Waals surface area contributed by atoms with Crippen LogP contribution in [0.4, 0.5) is 0 Å². The zero-order valence-electron chi connectivity index (χ0n) is 13.7. The summed E-state index contributed by atoms with van der Waals surface area (Å²) in [6.45, 7) is 2.38. The molecule has 0 aliphatic heterocycles. The highest BCUT2D eigenvalue weighted by atomic mass is 127. The Morgan fingerprint density at radius 1 is 1.16 bits per heavy atom. The van der Waals surface area contributed by atoms with Crippen LogP contribution in [0, 0.1) is 3.57 Å². The number of hydrazone groups is 1. The van der Waals surface area contributed by atoms with Crippen LogP contribution in [0.15, 0.2) is 53.6 Å². The Labute approximate surface area is 159 Å². The van der Waals surface area contributed by atoms with Crippen LogP contribution in [-0.2, 0) is 4.79 Å². The number of amides is 2. The van der Waals surface area contributed by atoms with Crippen molar-refractivity contribution in [3.8, 4) is 5.75 Å². The van der Waals surface area contributed by atoms with E-state index in [9.17, 15) is 9.59 Å². The van der Waals surface area contributed by atoms with Crippen molar-refractivity contribution in [1.29, 1.82) is 0 Å². The molecule has 2 rings (SSSR count). The van der Waals surface area contributed by atoms with Gasteiger partial charge in [-0.3, -0.25) is 9.59 Å². The summed E-state index contributed by atoms with van der Waals surface area (Å²) in [4.78, 5) is 23.7. The van der Waals surface area contributed by atoms with Crippen molar-refractivity contribution in [2.45, 2.75) is 6.92 Å². The highest BCUT2D eigenvalue weighted by Crippen LogP contribution is 2.11. The topological polar surface area (TPSA) is 79.8 Å². The normalized spacial score (nSPS) is 10.5. The van der Waals surface area contributed by atoms with Crippen LogP contribution in [0.25, 0.3) is 0 Å². The lowest BCUT2D eigenvalue weighted by Crippen LogP contribution is -2.35. The van der Waals surface area contributed by atoms with Crippen LogP contribution in [-0.4, -0.2) is 31.2 Å². The third-order valence-corrected chi connectivity index (χ3v) is 4.06. The number of carbonyl (C=O) groups is 2. The van der Waals surface area contributed by atoms with Crippen molar-refractivity contribution in [3.05, 3.63) is 63.2 Å². The largest absolute Gasteiger partial charge is 0.494 e. The van der Waals surface area contributed by atoms with Gasteiger partial charge < -0.3 is 10.1 Å². The molecule has 0 aliphatic rings. The van der Waals surface area contributed by atoms with Crippen LogP contribution < -0.4 is 15.5 Å². The SMILES string of the molecule is CCOc1ccc(/C=N\NC(=O)CNC(=O)c2ccccc2I)cc1. The molecule has 2 aromatic rings. The zero-order valence-corrected chi connectivity index (χ0v) is 15.8. The number of rotatable bonds is 7. The third kappa shape index (κ3) is 6.18. The van der Waals surface area contributed by atoms with E-state index in [2.05, 4.69) is 38.4 Å². The maximum Gasteiger partial charge on any atom is 0.259 e. The summed E-state index contributed by atoms with van der Waals surface area (Å²) < 4.78 is 6.17. The Bertz CT molecular complexity index is 760. The molecule has 7 heteroatoms. The first-order valence-corrected chi connectivity index (χ1v) is 8.75. The molecule has 25 heavy (non-hydrogen) atoms. The molecule has 2 aromatic carbocycles. The van der Waals surface area contributed by atoms with E-state index < -0.39 is 5.91 Å². The van der Waals surface area contributed by atoms with Gasteiger partial charge >= 0.3 is 0 Å². The highest BCUT2D eigenvalue weighted by Gasteiger charge is 2.10. The first-order chi connectivity index (χ1) is 12.1. The van der Waals surface area contributed by atoms with Gasteiger partial charge in [-0.1, -0.05) is 12.1 Å². The van der Waals surface area contributed by atoms with E-state index in [1.54, 1.807) is 12.1 Å². The van der Waals surface area contributed by atoms with E-state index in [1.165, 1.54) is 6.21 Å². The van der Waals surface area contributed by atoms with Gasteiger partial charge in [-0.25, -0.2) is 5.43 Å². The second-order valence-corrected chi connectivity index (χ2v) is 6.12. The lowest BCUT2D eigenvalue weighted by atomic mass is 10.2. The summed E-state index contributed by atoms with van der Waals surface area (Å²) in [5.41, 5.74) is 3.74. The Morgan fingerprint density at radius 3 is 2.56 bits per heavy atom. The van der Waals surface area contributed by atoms with E-state index in [-0.39, 0.29) is 12.5 Å². The lowest BCUT2D eigenvalue weighted by Gasteiger charge is -2.05. The minimum atomic E-state index is -0.401. The Hall–Kier alpha value is -2.42. The smallest absolute Gasteiger partial charge is 0.259 e. The minimum absolute atomic E-state index is 0.148. The Balaban J connectivity index is 1.78. The highest BCUT2D eigenvalue weighted by molar-refractivity contribution is 14.1. The molecule has 0 atom stereocenters. The van der Waals surface area contributed by atoms with Gasteiger partial charge in [0.2, 0.25) is 0 Å². The molecule has 0 heterocycles. The molecule has 0 saturated carbocycles. The quantitative estimate of drug-likeness (QED) is 0.386. The Morgan fingerprint density at radius 2 is 1.88 bits per heavy atom. The lowest BCUT2D eigenvalue weighted by molar-refractivity contribution is -0.120. The summed E-state index contributed by atoms with van der Waals surface area (Å²) >= 11 is 2.08. The average molecular weight is 451 g/mol. The van der Waals surface area contributed by atoms with Crippen molar-refractivity contribution in [2.24, 2.45) is 5.10 Å². The summed E-state index contributed by atoms with van der Waals surface area (Å²) in [6, 6.07) is 14.5. The van der Waals surface area contributed by atoms with Crippen molar-refractivity contribution in [3.63, 3.8) is 0 Å². The van der Waals surface area contributed by atoms with Gasteiger partial charge in [-0.2, -0.15) is 5.10 Å². The van der Waals surface area contributed by atoms with E-state index in [0.717, 1.165) is 14.9 Å². The minimum Gasteiger partial charge on any atom is -0.494 e. The summed E-state index contributed by atoms with van der Waals surface area (Å²) in [5, 5.41) is 6.43. The van der Waals surface area contributed by atoms with Crippen molar-refractivity contribution >= 4 is 40.6 Å². The molecule has 130 valence electrons. The second-order valence-electron chi connectivity index (χ2n) is 4.96. The molecule has 0 radical (unpaired) electrons. The van der Waals surface area contributed by atoms with Gasteiger partial charge in [0.1, 0.15) is 5.75 Å². The molecular weight excluding hydrogens is 433 g/mol. The molecule has 0 aromatic heterocycles. The third-order valence-electron chi connectivity index (χ3n) is 3.12. The fraction of sp³-hybridized carbons (Fsp3) is 0.167. The first-order valence-electron chi connectivity index (χ1n) is 7.67. The molecule has 2 N–H and O–H groups in total.